The number of hydrogen-bond donors (Lipinski definition) is 1. The molecule has 0 saturated heterocycles. The first-order chi connectivity index (χ1) is 11.1. The van der Waals surface area contributed by atoms with Gasteiger partial charge < -0.3 is 14.4 Å². The Hall–Kier alpha value is -2.66. The molecule has 0 fully saturated rings. The molecule has 1 N–H and O–H groups in total. The standard InChI is InChI=1S/C18H18N2O3/c1-12-5-3-7-15(9-12)18-19-17(23-20-18)11-22-16-8-4-6-14(10-16)13(2)21/h3-10,13,21H,11H2,1-2H3. The Kier molecular flexibility index (Phi) is 4.39. The monoisotopic (exact) mass is 310 g/mol. The normalized spacial score (nSPS) is 12.1. The summed E-state index contributed by atoms with van der Waals surface area (Å²) in [5, 5.41) is 13.6. The molecule has 2 aromatic carbocycles. The molecular weight excluding hydrogens is 292 g/mol. The molecule has 118 valence electrons. The second kappa shape index (κ2) is 6.62. The van der Waals surface area contributed by atoms with Crippen molar-refractivity contribution in [2.75, 3.05) is 0 Å². The summed E-state index contributed by atoms with van der Waals surface area (Å²) in [6.45, 7) is 3.91. The van der Waals surface area contributed by atoms with Gasteiger partial charge in [-0.05, 0) is 37.6 Å². The van der Waals surface area contributed by atoms with E-state index in [1.54, 1.807) is 13.0 Å². The van der Waals surface area contributed by atoms with Gasteiger partial charge >= 0.3 is 0 Å². The van der Waals surface area contributed by atoms with E-state index in [0.29, 0.717) is 17.5 Å². The molecule has 5 heteroatoms. The van der Waals surface area contributed by atoms with E-state index >= 15 is 0 Å². The zero-order valence-corrected chi connectivity index (χ0v) is 13.1. The molecule has 0 amide bonds. The molecule has 0 aliphatic rings. The number of rotatable bonds is 5. The number of aromatic nitrogens is 2. The number of aliphatic hydroxyl groups is 1. The number of ether oxygens (including phenoxy) is 1. The lowest BCUT2D eigenvalue weighted by molar-refractivity contribution is 0.197. The minimum atomic E-state index is -0.533. The van der Waals surface area contributed by atoms with Crippen LogP contribution in [0.5, 0.6) is 5.75 Å². The Morgan fingerprint density at radius 1 is 1.17 bits per heavy atom. The molecule has 0 aliphatic heterocycles. The van der Waals surface area contributed by atoms with E-state index in [2.05, 4.69) is 10.1 Å². The molecule has 1 atom stereocenters. The highest BCUT2D eigenvalue weighted by atomic mass is 16.5. The molecule has 1 heterocycles. The number of benzene rings is 2. The van der Waals surface area contributed by atoms with Gasteiger partial charge in [0.15, 0.2) is 6.61 Å². The van der Waals surface area contributed by atoms with Crippen molar-refractivity contribution in [3.8, 4) is 17.1 Å². The second-order valence-corrected chi connectivity index (χ2v) is 5.42. The van der Waals surface area contributed by atoms with Gasteiger partial charge in [0.2, 0.25) is 5.82 Å². The largest absolute Gasteiger partial charge is 0.484 e. The Labute approximate surface area is 134 Å². The zero-order valence-electron chi connectivity index (χ0n) is 13.1. The Bertz CT molecular complexity index is 796. The van der Waals surface area contributed by atoms with Crippen LogP contribution in [-0.4, -0.2) is 15.2 Å². The predicted molar refractivity (Wildman–Crippen MR) is 85.9 cm³/mol. The highest BCUT2D eigenvalue weighted by Crippen LogP contribution is 2.21. The van der Waals surface area contributed by atoms with E-state index in [1.807, 2.05) is 49.4 Å². The van der Waals surface area contributed by atoms with Crippen LogP contribution in [-0.2, 0) is 6.61 Å². The first-order valence-electron chi connectivity index (χ1n) is 7.42. The number of aliphatic hydroxyl groups excluding tert-OH is 1. The number of hydrogen-bond acceptors (Lipinski definition) is 5. The summed E-state index contributed by atoms with van der Waals surface area (Å²) in [6, 6.07) is 15.2. The maximum Gasteiger partial charge on any atom is 0.264 e. The van der Waals surface area contributed by atoms with Crippen LogP contribution in [0.3, 0.4) is 0 Å². The maximum atomic E-state index is 9.59. The molecule has 0 aliphatic carbocycles. The fourth-order valence-corrected chi connectivity index (χ4v) is 2.22. The Morgan fingerprint density at radius 3 is 2.78 bits per heavy atom. The molecule has 0 bridgehead atoms. The Balaban J connectivity index is 1.69. The van der Waals surface area contributed by atoms with E-state index < -0.39 is 6.10 Å². The van der Waals surface area contributed by atoms with Crippen molar-refractivity contribution in [3.63, 3.8) is 0 Å². The highest BCUT2D eigenvalue weighted by molar-refractivity contribution is 5.55. The van der Waals surface area contributed by atoms with E-state index in [9.17, 15) is 5.11 Å². The fraction of sp³-hybridized carbons (Fsp3) is 0.222. The van der Waals surface area contributed by atoms with Crippen LogP contribution < -0.4 is 4.74 Å². The third kappa shape index (κ3) is 3.76. The van der Waals surface area contributed by atoms with Gasteiger partial charge in [0, 0.05) is 5.56 Å². The van der Waals surface area contributed by atoms with Crippen LogP contribution in [0.2, 0.25) is 0 Å². The van der Waals surface area contributed by atoms with Gasteiger partial charge in [0.1, 0.15) is 5.75 Å². The molecule has 5 nitrogen and oxygen atoms in total. The summed E-state index contributed by atoms with van der Waals surface area (Å²) in [6.07, 6.45) is -0.533. The van der Waals surface area contributed by atoms with Crippen molar-refractivity contribution >= 4 is 0 Å². The first-order valence-corrected chi connectivity index (χ1v) is 7.42. The summed E-state index contributed by atoms with van der Waals surface area (Å²) in [4.78, 5) is 4.34. The summed E-state index contributed by atoms with van der Waals surface area (Å²) < 4.78 is 10.9. The predicted octanol–water partition coefficient (Wildman–Crippen LogP) is 3.68. The molecule has 0 spiro atoms. The lowest BCUT2D eigenvalue weighted by Crippen LogP contribution is -1.97. The molecule has 0 saturated carbocycles. The lowest BCUT2D eigenvalue weighted by Gasteiger charge is -2.07. The molecule has 1 aromatic heterocycles. The summed E-state index contributed by atoms with van der Waals surface area (Å²) in [7, 11) is 0. The Morgan fingerprint density at radius 2 is 2.00 bits per heavy atom. The number of nitrogens with zero attached hydrogens (tertiary/aromatic N) is 2. The summed E-state index contributed by atoms with van der Waals surface area (Å²) in [5.74, 6) is 1.60. The van der Waals surface area contributed by atoms with E-state index in [1.165, 1.54) is 0 Å². The van der Waals surface area contributed by atoms with Crippen molar-refractivity contribution in [3.05, 3.63) is 65.5 Å². The van der Waals surface area contributed by atoms with Crippen molar-refractivity contribution < 1.29 is 14.4 Å². The smallest absolute Gasteiger partial charge is 0.264 e. The van der Waals surface area contributed by atoms with Crippen molar-refractivity contribution in [1.82, 2.24) is 10.1 Å². The number of aryl methyl sites for hydroxylation is 1. The van der Waals surface area contributed by atoms with E-state index in [4.69, 9.17) is 9.26 Å². The first kappa shape index (κ1) is 15.2. The van der Waals surface area contributed by atoms with Crippen LogP contribution in [0.25, 0.3) is 11.4 Å². The zero-order chi connectivity index (χ0) is 16.2. The van der Waals surface area contributed by atoms with Gasteiger partial charge in [-0.2, -0.15) is 4.98 Å². The van der Waals surface area contributed by atoms with E-state index in [0.717, 1.165) is 16.7 Å². The fourth-order valence-electron chi connectivity index (χ4n) is 2.22. The molecule has 0 radical (unpaired) electrons. The van der Waals surface area contributed by atoms with Crippen molar-refractivity contribution in [2.45, 2.75) is 26.6 Å². The van der Waals surface area contributed by atoms with E-state index in [-0.39, 0.29) is 6.61 Å². The summed E-state index contributed by atoms with van der Waals surface area (Å²) >= 11 is 0. The summed E-state index contributed by atoms with van der Waals surface area (Å²) in [5.41, 5.74) is 2.85. The molecule has 3 aromatic rings. The van der Waals surface area contributed by atoms with Crippen LogP contribution in [0.15, 0.2) is 53.1 Å². The van der Waals surface area contributed by atoms with Crippen molar-refractivity contribution in [1.29, 1.82) is 0 Å². The lowest BCUT2D eigenvalue weighted by atomic mass is 10.1. The minimum Gasteiger partial charge on any atom is -0.484 e. The average molecular weight is 310 g/mol. The third-order valence-corrected chi connectivity index (χ3v) is 3.45. The van der Waals surface area contributed by atoms with Crippen LogP contribution >= 0.6 is 0 Å². The highest BCUT2D eigenvalue weighted by Gasteiger charge is 2.10. The molecule has 3 rings (SSSR count). The third-order valence-electron chi connectivity index (χ3n) is 3.45. The average Bonchev–Trinajstić information content (AvgIpc) is 3.02. The minimum absolute atomic E-state index is 0.183. The molecule has 1 unspecified atom stereocenters. The van der Waals surface area contributed by atoms with Crippen LogP contribution in [0.1, 0.15) is 30.0 Å². The SMILES string of the molecule is Cc1cccc(-c2noc(COc3cccc(C(C)O)c3)n2)c1. The quantitative estimate of drug-likeness (QED) is 0.778. The second-order valence-electron chi connectivity index (χ2n) is 5.42. The van der Waals surface area contributed by atoms with Gasteiger partial charge in [-0.15, -0.1) is 0 Å². The van der Waals surface area contributed by atoms with Gasteiger partial charge in [-0.1, -0.05) is 41.1 Å². The van der Waals surface area contributed by atoms with Gasteiger partial charge in [-0.3, -0.25) is 0 Å². The topological polar surface area (TPSA) is 68.4 Å². The van der Waals surface area contributed by atoms with Gasteiger partial charge in [0.25, 0.3) is 5.89 Å². The van der Waals surface area contributed by atoms with Crippen molar-refractivity contribution in [2.24, 2.45) is 0 Å². The molecular formula is C18H18N2O3. The van der Waals surface area contributed by atoms with Crippen LogP contribution in [0.4, 0.5) is 0 Å². The maximum absolute atomic E-state index is 9.59. The molecule has 23 heavy (non-hydrogen) atoms. The van der Waals surface area contributed by atoms with Gasteiger partial charge in [0.05, 0.1) is 6.10 Å². The van der Waals surface area contributed by atoms with Gasteiger partial charge in [-0.25, -0.2) is 0 Å². The van der Waals surface area contributed by atoms with Crippen LogP contribution in [0, 0.1) is 6.92 Å².